The molecule has 4 rings (SSSR count). The molecule has 0 aliphatic heterocycles. The van der Waals surface area contributed by atoms with Crippen LogP contribution in [0.3, 0.4) is 0 Å². The number of hydrogen-bond donors (Lipinski definition) is 1. The van der Waals surface area contributed by atoms with Crippen molar-refractivity contribution in [2.75, 3.05) is 0 Å². The molecule has 4 aliphatic rings. The number of ether oxygens (including phenoxy) is 1. The van der Waals surface area contributed by atoms with Crippen LogP contribution in [-0.4, -0.2) is 23.1 Å². The third kappa shape index (κ3) is 5.27. The Hall–Kier alpha value is -1.58. The van der Waals surface area contributed by atoms with Crippen LogP contribution in [0.5, 0.6) is 0 Å². The summed E-state index contributed by atoms with van der Waals surface area (Å²) >= 11 is 0. The third-order valence-corrected chi connectivity index (χ3v) is 10.7. The number of aliphatic carboxylic acids is 1. The largest absolute Gasteiger partial charge is 0.481 e. The second-order valence-electron chi connectivity index (χ2n) is 13.1. The SMILES string of the molecule is CC(C)CCC[C@@H](C)[C@H]1CC[C@H]2[C@@H]3CCC4=C[C@@H](OC(=O)CCC(=O)O)C=C[C@]4(C)[C@H]3CC[C@]12C. The fraction of sp³-hybridized carbons (Fsp3) is 0.806. The molecule has 0 aromatic carbocycles. The van der Waals surface area contributed by atoms with Crippen molar-refractivity contribution in [3.8, 4) is 0 Å². The van der Waals surface area contributed by atoms with Crippen molar-refractivity contribution >= 4 is 11.9 Å². The van der Waals surface area contributed by atoms with Gasteiger partial charge in [0, 0.05) is 5.41 Å². The summed E-state index contributed by atoms with van der Waals surface area (Å²) in [6.45, 7) is 12.3. The van der Waals surface area contributed by atoms with E-state index in [4.69, 9.17) is 9.84 Å². The molecule has 0 bridgehead atoms. The van der Waals surface area contributed by atoms with Crippen molar-refractivity contribution in [1.29, 1.82) is 0 Å². The van der Waals surface area contributed by atoms with Crippen LogP contribution in [-0.2, 0) is 14.3 Å². The van der Waals surface area contributed by atoms with E-state index in [1.807, 2.05) is 6.08 Å². The maximum Gasteiger partial charge on any atom is 0.307 e. The Balaban J connectivity index is 1.42. The Morgan fingerprint density at radius 3 is 2.54 bits per heavy atom. The van der Waals surface area contributed by atoms with Crippen LogP contribution in [0.15, 0.2) is 23.8 Å². The maximum absolute atomic E-state index is 12.1. The van der Waals surface area contributed by atoms with Gasteiger partial charge in [-0.25, -0.2) is 0 Å². The summed E-state index contributed by atoms with van der Waals surface area (Å²) in [6, 6.07) is 0. The predicted molar refractivity (Wildman–Crippen MR) is 140 cm³/mol. The van der Waals surface area contributed by atoms with Crippen molar-refractivity contribution in [1.82, 2.24) is 0 Å². The molecular formula is C31H48O4. The molecule has 0 aromatic rings. The number of carbonyl (C=O) groups excluding carboxylic acids is 1. The van der Waals surface area contributed by atoms with Gasteiger partial charge in [-0.15, -0.1) is 0 Å². The van der Waals surface area contributed by atoms with Gasteiger partial charge in [0.2, 0.25) is 0 Å². The zero-order valence-electron chi connectivity index (χ0n) is 22.7. The molecule has 196 valence electrons. The maximum atomic E-state index is 12.1. The lowest BCUT2D eigenvalue weighted by atomic mass is 9.47. The van der Waals surface area contributed by atoms with Gasteiger partial charge in [0.1, 0.15) is 6.10 Å². The van der Waals surface area contributed by atoms with Crippen molar-refractivity contribution < 1.29 is 19.4 Å². The summed E-state index contributed by atoms with van der Waals surface area (Å²) in [5.41, 5.74) is 1.99. The molecule has 0 amide bonds. The first-order chi connectivity index (χ1) is 16.5. The highest BCUT2D eigenvalue weighted by atomic mass is 16.5. The molecule has 4 nitrogen and oxygen atoms in total. The van der Waals surface area contributed by atoms with Crippen molar-refractivity contribution in [2.24, 2.45) is 46.3 Å². The Kier molecular flexibility index (Phi) is 7.88. The van der Waals surface area contributed by atoms with Crippen LogP contribution < -0.4 is 0 Å². The molecule has 4 heteroatoms. The van der Waals surface area contributed by atoms with Crippen LogP contribution in [0, 0.1) is 46.3 Å². The van der Waals surface area contributed by atoms with Crippen LogP contribution in [0.25, 0.3) is 0 Å². The molecular weight excluding hydrogens is 436 g/mol. The average molecular weight is 485 g/mol. The van der Waals surface area contributed by atoms with Gasteiger partial charge in [0.15, 0.2) is 0 Å². The summed E-state index contributed by atoms with van der Waals surface area (Å²) in [5, 5.41) is 8.82. The highest BCUT2D eigenvalue weighted by molar-refractivity contribution is 5.76. The Labute approximate surface area is 213 Å². The number of rotatable bonds is 9. The van der Waals surface area contributed by atoms with Crippen LogP contribution in [0.2, 0.25) is 0 Å². The zero-order valence-corrected chi connectivity index (χ0v) is 22.7. The van der Waals surface area contributed by atoms with Gasteiger partial charge in [0.05, 0.1) is 12.8 Å². The summed E-state index contributed by atoms with van der Waals surface area (Å²) in [7, 11) is 0. The number of allylic oxidation sites excluding steroid dienone is 2. The van der Waals surface area contributed by atoms with Gasteiger partial charge in [-0.05, 0) is 91.6 Å². The molecule has 35 heavy (non-hydrogen) atoms. The number of hydrogen-bond acceptors (Lipinski definition) is 3. The molecule has 1 N–H and O–H groups in total. The lowest BCUT2D eigenvalue weighted by Crippen LogP contribution is -2.50. The smallest absolute Gasteiger partial charge is 0.307 e. The first kappa shape index (κ1) is 26.5. The van der Waals surface area contributed by atoms with E-state index in [1.54, 1.807) is 0 Å². The quantitative estimate of drug-likeness (QED) is 0.271. The van der Waals surface area contributed by atoms with Gasteiger partial charge in [-0.3, -0.25) is 9.59 Å². The molecule has 0 aromatic heterocycles. The molecule has 8 atom stereocenters. The fourth-order valence-corrected chi connectivity index (χ4v) is 8.82. The molecule has 0 unspecified atom stereocenters. The van der Waals surface area contributed by atoms with E-state index in [1.165, 1.54) is 56.9 Å². The molecule has 0 heterocycles. The van der Waals surface area contributed by atoms with E-state index in [9.17, 15) is 9.59 Å². The molecule has 0 saturated heterocycles. The minimum absolute atomic E-state index is 0.0647. The average Bonchev–Trinajstić information content (AvgIpc) is 3.15. The topological polar surface area (TPSA) is 63.6 Å². The molecule has 0 spiro atoms. The van der Waals surface area contributed by atoms with Gasteiger partial charge >= 0.3 is 11.9 Å². The standard InChI is InChI=1S/C31H48O4/c1-20(2)7-6-8-21(3)25-11-12-26-24-10-9-22-19-23(35-29(34)14-13-28(32)33)15-17-30(22,4)27(24)16-18-31(25,26)5/h15,17,19-21,23-27H,6-14,16,18H2,1-5H3,(H,32,33)/t21-,23+,24+,25-,26+,27+,30+,31-/m1/s1. The number of carbonyl (C=O) groups is 2. The lowest BCUT2D eigenvalue weighted by molar-refractivity contribution is -0.149. The Bertz CT molecular complexity index is 856. The molecule has 3 fully saturated rings. The van der Waals surface area contributed by atoms with E-state index in [2.05, 4.69) is 46.8 Å². The van der Waals surface area contributed by atoms with E-state index >= 15 is 0 Å². The summed E-state index contributed by atoms with van der Waals surface area (Å²) in [4.78, 5) is 22.8. The van der Waals surface area contributed by atoms with Crippen molar-refractivity contribution in [2.45, 2.75) is 111 Å². The van der Waals surface area contributed by atoms with Gasteiger partial charge in [-0.1, -0.05) is 65.5 Å². The summed E-state index contributed by atoms with van der Waals surface area (Å²) in [6.07, 6.45) is 17.9. The zero-order chi connectivity index (χ0) is 25.4. The number of carboxylic acid groups (broad SMARTS) is 1. The molecule has 4 aliphatic carbocycles. The minimum Gasteiger partial charge on any atom is -0.481 e. The third-order valence-electron chi connectivity index (χ3n) is 10.7. The monoisotopic (exact) mass is 484 g/mol. The van der Waals surface area contributed by atoms with Crippen LogP contribution in [0.1, 0.15) is 105 Å². The number of carboxylic acids is 1. The predicted octanol–water partition coefficient (Wildman–Crippen LogP) is 7.58. The Morgan fingerprint density at radius 1 is 1.06 bits per heavy atom. The molecule has 3 saturated carbocycles. The first-order valence-electron chi connectivity index (χ1n) is 14.4. The lowest BCUT2D eigenvalue weighted by Gasteiger charge is -2.57. The second-order valence-corrected chi connectivity index (χ2v) is 13.1. The normalized spacial score (nSPS) is 38.8. The summed E-state index contributed by atoms with van der Waals surface area (Å²) < 4.78 is 5.58. The van der Waals surface area contributed by atoms with Crippen molar-refractivity contribution in [3.63, 3.8) is 0 Å². The summed E-state index contributed by atoms with van der Waals surface area (Å²) in [5.74, 6) is 3.45. The van der Waals surface area contributed by atoms with Crippen LogP contribution in [0.4, 0.5) is 0 Å². The number of esters is 1. The highest BCUT2D eigenvalue weighted by Gasteiger charge is 2.59. The second kappa shape index (κ2) is 10.4. The van der Waals surface area contributed by atoms with E-state index in [0.29, 0.717) is 11.3 Å². The van der Waals surface area contributed by atoms with Gasteiger partial charge < -0.3 is 9.84 Å². The minimum atomic E-state index is -0.964. The molecule has 0 radical (unpaired) electrons. The number of fused-ring (bicyclic) bond motifs is 5. The fourth-order valence-electron chi connectivity index (χ4n) is 8.82. The first-order valence-corrected chi connectivity index (χ1v) is 14.4. The Morgan fingerprint density at radius 2 is 1.83 bits per heavy atom. The van der Waals surface area contributed by atoms with E-state index in [0.717, 1.165) is 36.0 Å². The highest BCUT2D eigenvalue weighted by Crippen LogP contribution is 2.67. The van der Waals surface area contributed by atoms with Crippen molar-refractivity contribution in [3.05, 3.63) is 23.8 Å². The van der Waals surface area contributed by atoms with E-state index < -0.39 is 11.9 Å². The van der Waals surface area contributed by atoms with Gasteiger partial charge in [0.25, 0.3) is 0 Å². The van der Waals surface area contributed by atoms with E-state index in [-0.39, 0.29) is 24.4 Å². The van der Waals surface area contributed by atoms with Gasteiger partial charge in [-0.2, -0.15) is 0 Å². The van der Waals surface area contributed by atoms with Crippen LogP contribution >= 0.6 is 0 Å².